The maximum absolute atomic E-state index is 12.6. The van der Waals surface area contributed by atoms with Crippen LogP contribution in [0.2, 0.25) is 0 Å². The quantitative estimate of drug-likeness (QED) is 0.310. The molecule has 0 radical (unpaired) electrons. The number of carbonyl (C=O) groups excluding carboxylic acids is 1. The fourth-order valence-corrected chi connectivity index (χ4v) is 7.56. The molecule has 4 fully saturated rings. The Hall–Kier alpha value is -0.770. The van der Waals surface area contributed by atoms with Crippen molar-refractivity contribution in [2.75, 3.05) is 0 Å². The molecule has 10 unspecified atom stereocenters. The van der Waals surface area contributed by atoms with Crippen LogP contribution in [0.25, 0.3) is 0 Å². The third-order valence-electron chi connectivity index (χ3n) is 9.28. The number of carbonyl (C=O) groups is 1. The zero-order valence-electron chi connectivity index (χ0n) is 17.0. The van der Waals surface area contributed by atoms with Crippen LogP contribution in [0.4, 0.5) is 0 Å². The lowest BCUT2D eigenvalue weighted by atomic mass is 9.54. The number of esters is 1. The zero-order chi connectivity index (χ0) is 21.3. The normalized spacial score (nSPS) is 63.2. The lowest BCUT2D eigenvalue weighted by Crippen LogP contribution is -2.79. The lowest BCUT2D eigenvalue weighted by molar-refractivity contribution is -0.325. The van der Waals surface area contributed by atoms with E-state index in [4.69, 9.17) is 4.74 Å². The molecule has 28 heavy (non-hydrogen) atoms. The number of aliphatic hydroxyl groups is 6. The number of fused-ring (bicyclic) bond motifs is 2. The molecule has 0 spiro atoms. The van der Waals surface area contributed by atoms with Crippen LogP contribution in [0.3, 0.4) is 0 Å². The Morgan fingerprint density at radius 2 is 1.64 bits per heavy atom. The van der Waals surface area contributed by atoms with E-state index in [0.29, 0.717) is 6.42 Å². The molecule has 8 heteroatoms. The van der Waals surface area contributed by atoms with Crippen LogP contribution in [0.5, 0.6) is 0 Å². The first-order valence-electron chi connectivity index (χ1n) is 10.1. The summed E-state index contributed by atoms with van der Waals surface area (Å²) in [5.74, 6) is -3.00. The van der Waals surface area contributed by atoms with E-state index in [1.54, 1.807) is 20.8 Å². The van der Waals surface area contributed by atoms with Gasteiger partial charge in [-0.2, -0.15) is 0 Å². The van der Waals surface area contributed by atoms with Crippen LogP contribution in [-0.2, 0) is 9.53 Å². The minimum Gasteiger partial charge on any atom is -0.450 e. The number of hydrogen-bond donors (Lipinski definition) is 6. The third kappa shape index (κ3) is 1.47. The molecule has 1 aliphatic heterocycles. The molecule has 0 aromatic heterocycles. The van der Waals surface area contributed by atoms with E-state index < -0.39 is 75.8 Å². The highest BCUT2D eigenvalue weighted by Gasteiger charge is 2.99. The summed E-state index contributed by atoms with van der Waals surface area (Å²) in [5, 5.41) is 69.9. The first kappa shape index (κ1) is 20.5. The van der Waals surface area contributed by atoms with Crippen molar-refractivity contribution in [1.29, 1.82) is 0 Å². The molecule has 4 aliphatic rings. The summed E-state index contributed by atoms with van der Waals surface area (Å²) in [4.78, 5) is 12.6. The van der Waals surface area contributed by atoms with E-state index in [2.05, 4.69) is 0 Å². The van der Waals surface area contributed by atoms with E-state index >= 15 is 0 Å². The lowest BCUT2D eigenvalue weighted by Gasteiger charge is -2.61. The van der Waals surface area contributed by atoms with Gasteiger partial charge >= 0.3 is 5.97 Å². The van der Waals surface area contributed by atoms with Crippen molar-refractivity contribution in [3.63, 3.8) is 0 Å². The van der Waals surface area contributed by atoms with Gasteiger partial charge < -0.3 is 35.4 Å². The standard InChI is InChI=1S/C20H32O8/c1-9(2)17(25)11(4)18(26)19(27,14(17)23)15(5)8-12(21)28-20(18)13(22)10(3)6-7-16(15,20)24/h9-11,13-14,22-27H,6-8H2,1-5H3. The summed E-state index contributed by atoms with van der Waals surface area (Å²) in [6.07, 6.45) is -3.36. The smallest absolute Gasteiger partial charge is 0.307 e. The van der Waals surface area contributed by atoms with E-state index in [1.807, 2.05) is 0 Å². The molecule has 1 saturated heterocycles. The SMILES string of the molecule is CC1CCC2(O)C3(C)CC(=O)OC2(C1O)C1(O)C(C)C(O)(C(C)C)C(O)C31O. The number of hydrogen-bond acceptors (Lipinski definition) is 8. The second-order valence-corrected chi connectivity index (χ2v) is 10.2. The Morgan fingerprint density at radius 3 is 2.18 bits per heavy atom. The Bertz CT molecular complexity index is 742. The van der Waals surface area contributed by atoms with Crippen molar-refractivity contribution in [3.8, 4) is 0 Å². The van der Waals surface area contributed by atoms with Gasteiger partial charge in [-0.25, -0.2) is 0 Å². The van der Waals surface area contributed by atoms with E-state index in [0.717, 1.165) is 0 Å². The van der Waals surface area contributed by atoms with Crippen molar-refractivity contribution in [1.82, 2.24) is 0 Å². The van der Waals surface area contributed by atoms with Crippen molar-refractivity contribution in [3.05, 3.63) is 0 Å². The molecule has 2 bridgehead atoms. The largest absolute Gasteiger partial charge is 0.450 e. The molecule has 1 heterocycles. The van der Waals surface area contributed by atoms with Crippen molar-refractivity contribution in [2.24, 2.45) is 23.2 Å². The average Bonchev–Trinajstić information content (AvgIpc) is 2.76. The number of aliphatic hydroxyl groups excluding tert-OH is 2. The Balaban J connectivity index is 2.13. The van der Waals surface area contributed by atoms with Gasteiger partial charge in [-0.3, -0.25) is 4.79 Å². The molecule has 6 N–H and O–H groups in total. The summed E-state index contributed by atoms with van der Waals surface area (Å²) < 4.78 is 5.62. The Labute approximate surface area is 164 Å². The van der Waals surface area contributed by atoms with Crippen molar-refractivity contribution >= 4 is 5.97 Å². The number of ether oxygens (including phenoxy) is 1. The highest BCUT2D eigenvalue weighted by molar-refractivity contribution is 5.76. The molecular formula is C20H32O8. The third-order valence-corrected chi connectivity index (χ3v) is 9.28. The van der Waals surface area contributed by atoms with E-state index in [-0.39, 0.29) is 6.42 Å². The van der Waals surface area contributed by atoms with Gasteiger partial charge in [0, 0.05) is 11.3 Å². The summed E-state index contributed by atoms with van der Waals surface area (Å²) in [5.41, 5.74) is -12.9. The molecule has 10 atom stereocenters. The van der Waals surface area contributed by atoms with Gasteiger partial charge in [-0.05, 0) is 24.7 Å². The van der Waals surface area contributed by atoms with Crippen LogP contribution >= 0.6 is 0 Å². The van der Waals surface area contributed by atoms with E-state index in [1.165, 1.54) is 13.8 Å². The van der Waals surface area contributed by atoms with Crippen LogP contribution in [-0.4, -0.2) is 76.8 Å². The predicted octanol–water partition coefficient (Wildman–Crippen LogP) is -0.926. The Morgan fingerprint density at radius 1 is 1.07 bits per heavy atom. The van der Waals surface area contributed by atoms with Crippen LogP contribution in [0, 0.1) is 23.2 Å². The maximum Gasteiger partial charge on any atom is 0.307 e. The molecule has 3 aliphatic carbocycles. The van der Waals surface area contributed by atoms with Crippen LogP contribution in [0.15, 0.2) is 0 Å². The molecule has 8 nitrogen and oxygen atoms in total. The minimum atomic E-state index is -2.48. The second kappa shape index (κ2) is 5.10. The fraction of sp³-hybridized carbons (Fsp3) is 0.950. The predicted molar refractivity (Wildman–Crippen MR) is 95.8 cm³/mol. The zero-order valence-corrected chi connectivity index (χ0v) is 17.0. The first-order chi connectivity index (χ1) is 12.6. The van der Waals surface area contributed by atoms with Gasteiger partial charge in [0.05, 0.1) is 6.42 Å². The highest BCUT2D eigenvalue weighted by atomic mass is 16.6. The van der Waals surface area contributed by atoms with Gasteiger partial charge in [0.15, 0.2) is 5.60 Å². The Kier molecular flexibility index (Phi) is 3.73. The topological polar surface area (TPSA) is 148 Å². The summed E-state index contributed by atoms with van der Waals surface area (Å²) in [6, 6.07) is 0. The molecule has 160 valence electrons. The molecule has 3 saturated carbocycles. The van der Waals surface area contributed by atoms with Gasteiger partial charge in [0.1, 0.15) is 34.6 Å². The monoisotopic (exact) mass is 400 g/mol. The van der Waals surface area contributed by atoms with E-state index in [9.17, 15) is 35.4 Å². The van der Waals surface area contributed by atoms with Crippen LogP contribution in [0.1, 0.15) is 53.9 Å². The molecule has 0 amide bonds. The van der Waals surface area contributed by atoms with Gasteiger partial charge in [-0.1, -0.05) is 34.6 Å². The molecular weight excluding hydrogens is 368 g/mol. The van der Waals surface area contributed by atoms with Gasteiger partial charge in [0.2, 0.25) is 0 Å². The van der Waals surface area contributed by atoms with Gasteiger partial charge in [0.25, 0.3) is 0 Å². The van der Waals surface area contributed by atoms with Crippen molar-refractivity contribution < 1.29 is 40.2 Å². The molecule has 0 aromatic rings. The fourth-order valence-electron chi connectivity index (χ4n) is 7.56. The summed E-state index contributed by atoms with van der Waals surface area (Å²) in [7, 11) is 0. The van der Waals surface area contributed by atoms with Crippen molar-refractivity contribution in [2.45, 2.75) is 94.1 Å². The first-order valence-corrected chi connectivity index (χ1v) is 10.1. The average molecular weight is 400 g/mol. The van der Waals surface area contributed by atoms with Gasteiger partial charge in [-0.15, -0.1) is 0 Å². The maximum atomic E-state index is 12.6. The number of rotatable bonds is 1. The van der Waals surface area contributed by atoms with Crippen LogP contribution < -0.4 is 0 Å². The minimum absolute atomic E-state index is 0.0686. The summed E-state index contributed by atoms with van der Waals surface area (Å²) in [6.45, 7) is 7.91. The molecule has 4 rings (SSSR count). The molecule has 0 aromatic carbocycles. The highest BCUT2D eigenvalue weighted by Crippen LogP contribution is 2.78. The summed E-state index contributed by atoms with van der Waals surface area (Å²) >= 11 is 0. The second-order valence-electron chi connectivity index (χ2n) is 10.2.